The smallest absolute Gasteiger partial charge is 0.321 e. The Kier molecular flexibility index (Phi) is 8.21. The van der Waals surface area contributed by atoms with E-state index in [1.54, 1.807) is 14.0 Å². The van der Waals surface area contributed by atoms with Gasteiger partial charge in [-0.25, -0.2) is 4.79 Å². The number of ether oxygens (including phenoxy) is 2. The van der Waals surface area contributed by atoms with Crippen molar-refractivity contribution in [2.24, 2.45) is 0 Å². The van der Waals surface area contributed by atoms with Crippen molar-refractivity contribution in [1.82, 2.24) is 10.6 Å². The van der Waals surface area contributed by atoms with Gasteiger partial charge in [0.05, 0.1) is 20.8 Å². The summed E-state index contributed by atoms with van der Waals surface area (Å²) in [6.07, 6.45) is 0. The maximum atomic E-state index is 12.2. The molecule has 0 radical (unpaired) electrons. The Morgan fingerprint density at radius 1 is 1.20 bits per heavy atom. The number of quaternary nitrogens is 1. The van der Waals surface area contributed by atoms with E-state index >= 15 is 0 Å². The minimum absolute atomic E-state index is 0.0236. The quantitative estimate of drug-likeness (QED) is 0.644. The van der Waals surface area contributed by atoms with E-state index in [-0.39, 0.29) is 18.0 Å². The number of benzene rings is 1. The summed E-state index contributed by atoms with van der Waals surface area (Å²) in [7, 11) is 3.51. The molecule has 0 aliphatic carbocycles. The van der Waals surface area contributed by atoms with Gasteiger partial charge in [0.25, 0.3) is 5.91 Å². The number of imide groups is 1. The number of amides is 3. The number of urea groups is 1. The fourth-order valence-corrected chi connectivity index (χ4v) is 2.31. The average Bonchev–Trinajstić information content (AvgIpc) is 2.54. The van der Waals surface area contributed by atoms with Crippen LogP contribution in [0.5, 0.6) is 11.5 Å². The van der Waals surface area contributed by atoms with Crippen molar-refractivity contribution in [3.8, 4) is 11.5 Å². The molecule has 7 heteroatoms. The van der Waals surface area contributed by atoms with Gasteiger partial charge in [-0.15, -0.1) is 0 Å². The Labute approximate surface area is 149 Å². The summed E-state index contributed by atoms with van der Waals surface area (Å²) in [5.41, 5.74) is 1.02. The highest BCUT2D eigenvalue weighted by molar-refractivity contribution is 5.96. The summed E-state index contributed by atoms with van der Waals surface area (Å²) in [5, 5.41) is 5.01. The molecule has 1 rings (SSSR count). The Morgan fingerprint density at radius 2 is 1.88 bits per heavy atom. The summed E-state index contributed by atoms with van der Waals surface area (Å²) in [4.78, 5) is 24.8. The van der Waals surface area contributed by atoms with E-state index in [0.29, 0.717) is 24.7 Å². The van der Waals surface area contributed by atoms with E-state index in [4.69, 9.17) is 9.47 Å². The van der Waals surface area contributed by atoms with Gasteiger partial charge in [0.2, 0.25) is 0 Å². The van der Waals surface area contributed by atoms with Gasteiger partial charge >= 0.3 is 6.03 Å². The van der Waals surface area contributed by atoms with E-state index in [0.717, 1.165) is 10.5 Å². The molecule has 3 N–H and O–H groups in total. The highest BCUT2D eigenvalue weighted by Crippen LogP contribution is 2.27. The molecule has 0 spiro atoms. The molecule has 0 aliphatic heterocycles. The Balaban J connectivity index is 2.69. The van der Waals surface area contributed by atoms with Gasteiger partial charge in [0.1, 0.15) is 6.54 Å². The van der Waals surface area contributed by atoms with Crippen molar-refractivity contribution in [3.63, 3.8) is 0 Å². The number of carbonyl (C=O) groups is 2. The second kappa shape index (κ2) is 9.88. The standard InChI is InChI=1S/C18H29N3O4/c1-7-25-15-9-8-14(10-16(15)24-6)11-21(5)13(4)17(22)20-18(23)19-12(2)3/h8-10,12-13H,7,11H2,1-6H3,(H2,19,20,22,23)/p+1/t13-/m1/s1. The van der Waals surface area contributed by atoms with Crippen LogP contribution in [-0.4, -0.2) is 44.8 Å². The lowest BCUT2D eigenvalue weighted by Gasteiger charge is -2.21. The van der Waals surface area contributed by atoms with Gasteiger partial charge in [-0.2, -0.15) is 0 Å². The molecule has 1 unspecified atom stereocenters. The normalized spacial score (nSPS) is 13.1. The van der Waals surface area contributed by atoms with Gasteiger partial charge in [-0.1, -0.05) is 0 Å². The average molecular weight is 352 g/mol. The summed E-state index contributed by atoms with van der Waals surface area (Å²) in [5.74, 6) is 1.05. The first-order valence-corrected chi connectivity index (χ1v) is 8.51. The second-order valence-electron chi connectivity index (χ2n) is 6.28. The van der Waals surface area contributed by atoms with Gasteiger partial charge in [0.15, 0.2) is 17.5 Å². The molecule has 0 aliphatic rings. The van der Waals surface area contributed by atoms with Gasteiger partial charge in [-0.3, -0.25) is 10.1 Å². The van der Waals surface area contributed by atoms with E-state index in [1.165, 1.54) is 0 Å². The molecule has 0 aromatic heterocycles. The van der Waals surface area contributed by atoms with Crippen molar-refractivity contribution in [2.45, 2.75) is 46.3 Å². The molecule has 0 saturated carbocycles. The first-order chi connectivity index (χ1) is 11.8. The number of rotatable bonds is 8. The fraction of sp³-hybridized carbons (Fsp3) is 0.556. The number of methoxy groups -OCH3 is 1. The lowest BCUT2D eigenvalue weighted by Crippen LogP contribution is -3.12. The van der Waals surface area contributed by atoms with Crippen molar-refractivity contribution in [3.05, 3.63) is 23.8 Å². The van der Waals surface area contributed by atoms with Crippen molar-refractivity contribution in [1.29, 1.82) is 0 Å². The van der Waals surface area contributed by atoms with Gasteiger partial charge < -0.3 is 19.7 Å². The predicted molar refractivity (Wildman–Crippen MR) is 96.0 cm³/mol. The summed E-state index contributed by atoms with van der Waals surface area (Å²) in [6.45, 7) is 8.56. The summed E-state index contributed by atoms with van der Waals surface area (Å²) >= 11 is 0. The Morgan fingerprint density at radius 3 is 2.44 bits per heavy atom. The van der Waals surface area contributed by atoms with Crippen LogP contribution in [0, 0.1) is 0 Å². The number of nitrogens with one attached hydrogen (secondary N) is 3. The molecular formula is C18H30N3O4+. The molecule has 3 amide bonds. The predicted octanol–water partition coefficient (Wildman–Crippen LogP) is 0.731. The lowest BCUT2D eigenvalue weighted by molar-refractivity contribution is -0.908. The van der Waals surface area contributed by atoms with Gasteiger partial charge in [0, 0.05) is 11.6 Å². The largest absolute Gasteiger partial charge is 0.493 e. The minimum atomic E-state index is -0.470. The van der Waals surface area contributed by atoms with Crippen LogP contribution in [0.2, 0.25) is 0 Å². The van der Waals surface area contributed by atoms with Gasteiger partial charge in [-0.05, 0) is 45.9 Å². The third-order valence-corrected chi connectivity index (χ3v) is 3.80. The zero-order valence-corrected chi connectivity index (χ0v) is 15.9. The number of likely N-dealkylation sites (N-methyl/N-ethyl adjacent to an activating group) is 1. The highest BCUT2D eigenvalue weighted by atomic mass is 16.5. The van der Waals surface area contributed by atoms with Crippen LogP contribution in [-0.2, 0) is 11.3 Å². The lowest BCUT2D eigenvalue weighted by atomic mass is 10.1. The van der Waals surface area contributed by atoms with Crippen LogP contribution < -0.4 is 25.0 Å². The summed E-state index contributed by atoms with van der Waals surface area (Å²) in [6, 6.07) is 4.85. The third-order valence-electron chi connectivity index (χ3n) is 3.80. The van der Waals surface area contributed by atoms with Crippen LogP contribution >= 0.6 is 0 Å². The van der Waals surface area contributed by atoms with Crippen molar-refractivity contribution >= 4 is 11.9 Å². The first-order valence-electron chi connectivity index (χ1n) is 8.51. The van der Waals surface area contributed by atoms with Crippen LogP contribution in [0.15, 0.2) is 18.2 Å². The molecule has 1 aromatic rings. The molecule has 0 saturated heterocycles. The molecule has 0 bridgehead atoms. The molecule has 0 fully saturated rings. The summed E-state index contributed by atoms with van der Waals surface area (Å²) < 4.78 is 10.9. The first kappa shape index (κ1) is 20.8. The molecular weight excluding hydrogens is 322 g/mol. The van der Waals surface area contributed by atoms with E-state index in [1.807, 2.05) is 46.0 Å². The van der Waals surface area contributed by atoms with Crippen LogP contribution in [0.4, 0.5) is 4.79 Å². The maximum Gasteiger partial charge on any atom is 0.321 e. The maximum absolute atomic E-state index is 12.2. The third kappa shape index (κ3) is 6.62. The number of hydrogen-bond donors (Lipinski definition) is 3. The SMILES string of the molecule is CCOc1ccc(C[NH+](C)[C@H](C)C(=O)NC(=O)NC(C)C)cc1OC. The monoisotopic (exact) mass is 352 g/mol. The van der Waals surface area contributed by atoms with E-state index < -0.39 is 6.03 Å². The van der Waals surface area contributed by atoms with E-state index in [9.17, 15) is 9.59 Å². The molecule has 140 valence electrons. The molecule has 1 aromatic carbocycles. The molecule has 0 heterocycles. The van der Waals surface area contributed by atoms with Crippen molar-refractivity contribution in [2.75, 3.05) is 20.8 Å². The minimum Gasteiger partial charge on any atom is -0.493 e. The fourth-order valence-electron chi connectivity index (χ4n) is 2.31. The highest BCUT2D eigenvalue weighted by Gasteiger charge is 2.24. The van der Waals surface area contributed by atoms with Crippen molar-refractivity contribution < 1.29 is 24.0 Å². The number of hydrogen-bond acceptors (Lipinski definition) is 4. The Hall–Kier alpha value is -2.28. The number of carbonyl (C=O) groups excluding carboxylic acids is 2. The second-order valence-corrected chi connectivity index (χ2v) is 6.28. The molecule has 2 atom stereocenters. The van der Waals surface area contributed by atoms with Crippen LogP contribution in [0.25, 0.3) is 0 Å². The topological polar surface area (TPSA) is 81.1 Å². The molecule has 25 heavy (non-hydrogen) atoms. The zero-order chi connectivity index (χ0) is 19.0. The zero-order valence-electron chi connectivity index (χ0n) is 15.9. The van der Waals surface area contributed by atoms with Crippen LogP contribution in [0.3, 0.4) is 0 Å². The van der Waals surface area contributed by atoms with E-state index in [2.05, 4.69) is 10.6 Å². The Bertz CT molecular complexity index is 590. The van der Waals surface area contributed by atoms with Crippen LogP contribution in [0.1, 0.15) is 33.3 Å². The molecule has 7 nitrogen and oxygen atoms in total.